The van der Waals surface area contributed by atoms with Gasteiger partial charge in [0.25, 0.3) is 5.91 Å². The maximum atomic E-state index is 12.4. The van der Waals surface area contributed by atoms with Gasteiger partial charge in [-0.15, -0.1) is 0 Å². The third-order valence-corrected chi connectivity index (χ3v) is 2.69. The normalized spacial score (nSPS) is 10.7. The molecule has 0 aliphatic rings. The molecule has 1 amide bonds. The fourth-order valence-corrected chi connectivity index (χ4v) is 2.12. The Labute approximate surface area is 121 Å². The average molecular weight is 273 g/mol. The summed E-state index contributed by atoms with van der Waals surface area (Å²) in [5.74, 6) is 5.45. The van der Waals surface area contributed by atoms with E-state index in [2.05, 4.69) is 32.6 Å². The van der Waals surface area contributed by atoms with E-state index in [1.54, 1.807) is 11.0 Å². The summed E-state index contributed by atoms with van der Waals surface area (Å²) in [4.78, 5) is 14.2. The molecule has 0 aliphatic carbocycles. The molecule has 108 valence electrons. The monoisotopic (exact) mass is 273 g/mol. The molecule has 3 heteroatoms. The summed E-state index contributed by atoms with van der Waals surface area (Å²) in [6.45, 7) is 8.75. The number of aliphatic hydroxyl groups is 1. The Kier molecular flexibility index (Phi) is 5.35. The molecule has 0 spiro atoms. The largest absolute Gasteiger partial charge is 0.384 e. The van der Waals surface area contributed by atoms with Crippen molar-refractivity contribution < 1.29 is 9.90 Å². The summed E-state index contributed by atoms with van der Waals surface area (Å²) in [5, 5.41) is 8.74. The molecule has 0 radical (unpaired) electrons. The van der Waals surface area contributed by atoms with Crippen LogP contribution in [0, 0.1) is 24.2 Å². The highest BCUT2D eigenvalue weighted by Crippen LogP contribution is 2.17. The van der Waals surface area contributed by atoms with Gasteiger partial charge in [0, 0.05) is 24.7 Å². The maximum absolute atomic E-state index is 12.4. The summed E-state index contributed by atoms with van der Waals surface area (Å²) < 4.78 is 0. The Hall–Kier alpha value is -1.79. The lowest BCUT2D eigenvalue weighted by Gasteiger charge is -2.26. The number of amides is 1. The van der Waals surface area contributed by atoms with Crippen molar-refractivity contribution >= 4 is 5.91 Å². The van der Waals surface area contributed by atoms with E-state index in [4.69, 9.17) is 5.11 Å². The molecular formula is C17H23NO2. The number of carbonyl (C=O) groups excluding carboxylic acids is 1. The van der Waals surface area contributed by atoms with Crippen molar-refractivity contribution in [3.8, 4) is 11.8 Å². The van der Waals surface area contributed by atoms with Crippen molar-refractivity contribution in [2.45, 2.75) is 27.7 Å². The van der Waals surface area contributed by atoms with E-state index in [1.807, 2.05) is 26.1 Å². The van der Waals surface area contributed by atoms with Gasteiger partial charge < -0.3 is 10.0 Å². The van der Waals surface area contributed by atoms with Crippen molar-refractivity contribution in [1.29, 1.82) is 0 Å². The first-order valence-corrected chi connectivity index (χ1v) is 6.70. The van der Waals surface area contributed by atoms with Crippen molar-refractivity contribution in [2.75, 3.05) is 20.2 Å². The van der Waals surface area contributed by atoms with Crippen LogP contribution in [0.4, 0.5) is 0 Å². The van der Waals surface area contributed by atoms with Gasteiger partial charge in [-0.05, 0) is 36.1 Å². The highest BCUT2D eigenvalue weighted by atomic mass is 16.2. The van der Waals surface area contributed by atoms with Gasteiger partial charge in [0.2, 0.25) is 0 Å². The van der Waals surface area contributed by atoms with Crippen molar-refractivity contribution in [2.24, 2.45) is 5.41 Å². The number of benzene rings is 1. The minimum atomic E-state index is -0.179. The zero-order valence-electron chi connectivity index (χ0n) is 12.9. The second kappa shape index (κ2) is 6.58. The van der Waals surface area contributed by atoms with Crippen LogP contribution in [0.5, 0.6) is 0 Å². The lowest BCUT2D eigenvalue weighted by molar-refractivity contribution is 0.0745. The Morgan fingerprint density at radius 2 is 1.95 bits per heavy atom. The molecule has 1 aromatic rings. The van der Waals surface area contributed by atoms with Crippen molar-refractivity contribution in [3.63, 3.8) is 0 Å². The first-order valence-electron chi connectivity index (χ1n) is 6.70. The minimum Gasteiger partial charge on any atom is -0.384 e. The Balaban J connectivity index is 3.01. The SMILES string of the molecule is Cc1cc(C#CCO)cc(C(=O)N(C)CC(C)(C)C)c1. The van der Waals surface area contributed by atoms with Gasteiger partial charge in [0.1, 0.15) is 6.61 Å². The smallest absolute Gasteiger partial charge is 0.253 e. The zero-order valence-corrected chi connectivity index (χ0v) is 12.9. The third-order valence-electron chi connectivity index (χ3n) is 2.69. The van der Waals surface area contributed by atoms with E-state index in [9.17, 15) is 4.79 Å². The number of aliphatic hydroxyl groups excluding tert-OH is 1. The summed E-state index contributed by atoms with van der Waals surface area (Å²) in [6, 6.07) is 5.55. The fourth-order valence-electron chi connectivity index (χ4n) is 2.12. The summed E-state index contributed by atoms with van der Waals surface area (Å²) in [5.41, 5.74) is 2.45. The maximum Gasteiger partial charge on any atom is 0.253 e. The predicted octanol–water partition coefficient (Wildman–Crippen LogP) is 2.46. The van der Waals surface area contributed by atoms with E-state index in [0.717, 1.165) is 11.1 Å². The Morgan fingerprint density at radius 1 is 1.30 bits per heavy atom. The standard InChI is InChI=1S/C17H23NO2/c1-13-9-14(7-6-8-19)11-15(10-13)16(20)18(5)12-17(2,3)4/h9-11,19H,8,12H2,1-5H3. The van der Waals surface area contributed by atoms with E-state index in [-0.39, 0.29) is 17.9 Å². The van der Waals surface area contributed by atoms with Crippen LogP contribution in [0.3, 0.4) is 0 Å². The number of aryl methyl sites for hydroxylation is 1. The van der Waals surface area contributed by atoms with E-state index in [0.29, 0.717) is 12.1 Å². The molecule has 1 N–H and O–H groups in total. The molecular weight excluding hydrogens is 250 g/mol. The first kappa shape index (κ1) is 16.3. The van der Waals surface area contributed by atoms with Crippen LogP contribution in [0.25, 0.3) is 0 Å². The van der Waals surface area contributed by atoms with Crippen molar-refractivity contribution in [3.05, 3.63) is 34.9 Å². The molecule has 0 aliphatic heterocycles. The van der Waals surface area contributed by atoms with Gasteiger partial charge in [0.05, 0.1) is 0 Å². The van der Waals surface area contributed by atoms with Crippen LogP contribution in [-0.4, -0.2) is 36.1 Å². The molecule has 0 bridgehead atoms. The molecule has 0 unspecified atom stereocenters. The van der Waals surface area contributed by atoms with Gasteiger partial charge in [-0.25, -0.2) is 0 Å². The second-order valence-corrected chi connectivity index (χ2v) is 6.27. The molecule has 1 aromatic carbocycles. The molecule has 0 fully saturated rings. The van der Waals surface area contributed by atoms with E-state index in [1.165, 1.54) is 0 Å². The topological polar surface area (TPSA) is 40.5 Å². The summed E-state index contributed by atoms with van der Waals surface area (Å²) >= 11 is 0. The van der Waals surface area contributed by atoms with E-state index >= 15 is 0 Å². The molecule has 0 saturated carbocycles. The van der Waals surface area contributed by atoms with Gasteiger partial charge in [0.15, 0.2) is 0 Å². The minimum absolute atomic E-state index is 0.00401. The third kappa shape index (κ3) is 5.07. The first-order chi connectivity index (χ1) is 9.23. The zero-order chi connectivity index (χ0) is 15.3. The molecule has 3 nitrogen and oxygen atoms in total. The van der Waals surface area contributed by atoms with Gasteiger partial charge >= 0.3 is 0 Å². The lowest BCUT2D eigenvalue weighted by atomic mass is 9.96. The predicted molar refractivity (Wildman–Crippen MR) is 81.6 cm³/mol. The highest BCUT2D eigenvalue weighted by Gasteiger charge is 2.19. The Morgan fingerprint density at radius 3 is 2.50 bits per heavy atom. The summed E-state index contributed by atoms with van der Waals surface area (Å²) in [7, 11) is 1.81. The fraction of sp³-hybridized carbons (Fsp3) is 0.471. The van der Waals surface area contributed by atoms with Gasteiger partial charge in [-0.1, -0.05) is 32.6 Å². The van der Waals surface area contributed by atoms with Crippen LogP contribution < -0.4 is 0 Å². The molecule has 20 heavy (non-hydrogen) atoms. The molecule has 0 atom stereocenters. The van der Waals surface area contributed by atoms with Crippen LogP contribution in [0.1, 0.15) is 42.3 Å². The van der Waals surface area contributed by atoms with Crippen LogP contribution in [0.2, 0.25) is 0 Å². The van der Waals surface area contributed by atoms with Gasteiger partial charge in [-0.3, -0.25) is 4.79 Å². The molecule has 1 rings (SSSR count). The van der Waals surface area contributed by atoms with Crippen LogP contribution in [0.15, 0.2) is 18.2 Å². The average Bonchev–Trinajstić information content (AvgIpc) is 2.32. The lowest BCUT2D eigenvalue weighted by Crippen LogP contribution is -2.34. The molecule has 0 saturated heterocycles. The number of nitrogens with zero attached hydrogens (tertiary/aromatic N) is 1. The Bertz CT molecular complexity index is 544. The van der Waals surface area contributed by atoms with Crippen molar-refractivity contribution in [1.82, 2.24) is 4.90 Å². The number of hydrogen-bond donors (Lipinski definition) is 1. The quantitative estimate of drug-likeness (QED) is 0.841. The molecule has 0 aromatic heterocycles. The number of rotatable bonds is 2. The molecule has 0 heterocycles. The van der Waals surface area contributed by atoms with Gasteiger partial charge in [-0.2, -0.15) is 0 Å². The number of carbonyl (C=O) groups is 1. The van der Waals surface area contributed by atoms with E-state index < -0.39 is 0 Å². The van der Waals surface area contributed by atoms with Crippen LogP contribution >= 0.6 is 0 Å². The number of hydrogen-bond acceptors (Lipinski definition) is 2. The highest BCUT2D eigenvalue weighted by molar-refractivity contribution is 5.94. The summed E-state index contributed by atoms with van der Waals surface area (Å²) in [6.07, 6.45) is 0. The van der Waals surface area contributed by atoms with Crippen LogP contribution in [-0.2, 0) is 0 Å². The second-order valence-electron chi connectivity index (χ2n) is 6.27.